The average Bonchev–Trinajstić information content (AvgIpc) is 3.16. The summed E-state index contributed by atoms with van der Waals surface area (Å²) in [6.07, 6.45) is 0.675. The average molecular weight is 437 g/mol. The van der Waals surface area contributed by atoms with Crippen molar-refractivity contribution in [2.45, 2.75) is 49.7 Å². The number of nitrogens with one attached hydrogen (secondary N) is 2. The van der Waals surface area contributed by atoms with Crippen LogP contribution in [0.2, 0.25) is 0 Å². The van der Waals surface area contributed by atoms with E-state index in [4.69, 9.17) is 23.5 Å². The first-order valence-corrected chi connectivity index (χ1v) is 9.68. The third kappa shape index (κ3) is 4.46. The molecule has 1 aliphatic carbocycles. The first-order chi connectivity index (χ1) is 14.9. The van der Waals surface area contributed by atoms with Crippen LogP contribution in [0.15, 0.2) is 24.7 Å². The maximum atomic E-state index is 13.3. The lowest BCUT2D eigenvalue weighted by molar-refractivity contribution is -0.137. The quantitative estimate of drug-likeness (QED) is 0.541. The lowest BCUT2D eigenvalue weighted by Crippen LogP contribution is -2.38. The Labute approximate surface area is 185 Å². The van der Waals surface area contributed by atoms with Gasteiger partial charge in [-0.25, -0.2) is 4.98 Å². The number of anilines is 3. The van der Waals surface area contributed by atoms with Gasteiger partial charge >= 0.3 is 6.18 Å². The van der Waals surface area contributed by atoms with E-state index >= 15 is 0 Å². The lowest BCUT2D eigenvalue weighted by atomic mass is 9.49. The van der Waals surface area contributed by atoms with E-state index in [9.17, 15) is 13.2 Å². The van der Waals surface area contributed by atoms with E-state index in [1.54, 1.807) is 19.9 Å². The second kappa shape index (κ2) is 7.56. The smallest absolute Gasteiger partial charge is 0.367 e. The molecule has 6 radical (unpaired) electrons. The van der Waals surface area contributed by atoms with E-state index in [1.807, 2.05) is 0 Å². The number of hydrogen-bond donors (Lipinski definition) is 2. The number of halogens is 3. The Morgan fingerprint density at radius 2 is 1.75 bits per heavy atom. The first kappa shape index (κ1) is 22.2. The van der Waals surface area contributed by atoms with Crippen LogP contribution < -0.4 is 10.6 Å². The Balaban J connectivity index is 1.71. The van der Waals surface area contributed by atoms with Crippen molar-refractivity contribution < 1.29 is 13.2 Å². The van der Waals surface area contributed by atoms with Gasteiger partial charge in [-0.1, -0.05) is 0 Å². The van der Waals surface area contributed by atoms with Gasteiger partial charge in [0.05, 0.1) is 41.6 Å². The van der Waals surface area contributed by atoms with Crippen LogP contribution in [0.3, 0.4) is 0 Å². The van der Waals surface area contributed by atoms with Crippen molar-refractivity contribution in [3.63, 3.8) is 0 Å². The summed E-state index contributed by atoms with van der Waals surface area (Å²) in [7, 11) is 17.5. The summed E-state index contributed by atoms with van der Waals surface area (Å²) in [5.41, 5.74) is -1.35. The molecule has 0 atom stereocenters. The molecule has 1 aliphatic rings. The molecule has 1 saturated carbocycles. The van der Waals surface area contributed by atoms with Crippen molar-refractivity contribution in [1.82, 2.24) is 34.7 Å². The zero-order chi connectivity index (χ0) is 23.3. The summed E-state index contributed by atoms with van der Waals surface area (Å²) in [5.74, 6) is -0.262. The van der Waals surface area contributed by atoms with E-state index in [-0.39, 0.29) is 23.6 Å². The molecular weight excluding hydrogens is 420 g/mol. The topological polar surface area (TPSA) is 98.4 Å². The van der Waals surface area contributed by atoms with Crippen LogP contribution >= 0.6 is 0 Å². The summed E-state index contributed by atoms with van der Waals surface area (Å²) >= 11 is 0. The highest BCUT2D eigenvalue weighted by molar-refractivity contribution is 6.56. The molecule has 3 aromatic heterocycles. The van der Waals surface area contributed by atoms with Gasteiger partial charge in [-0.2, -0.15) is 38.2 Å². The maximum Gasteiger partial charge on any atom is 0.421 e. The number of rotatable bonds is 7. The molecule has 0 unspecified atom stereocenters. The largest absolute Gasteiger partial charge is 0.421 e. The molecule has 9 nitrogen and oxygen atoms in total. The lowest BCUT2D eigenvalue weighted by Gasteiger charge is -2.25. The Kier molecular flexibility index (Phi) is 5.25. The molecule has 0 saturated heterocycles. The second-order valence-electron chi connectivity index (χ2n) is 8.09. The summed E-state index contributed by atoms with van der Waals surface area (Å²) in [6.45, 7) is 3.61. The molecule has 1 fully saturated rings. The summed E-state index contributed by atoms with van der Waals surface area (Å²) in [5, 5.41) is 16.3. The van der Waals surface area contributed by atoms with Crippen LogP contribution in [0.1, 0.15) is 37.9 Å². The van der Waals surface area contributed by atoms with Crippen LogP contribution in [0.5, 0.6) is 0 Å². The molecule has 160 valence electrons. The molecule has 15 heteroatoms. The minimum atomic E-state index is -4.60. The molecule has 0 aliphatic heterocycles. The van der Waals surface area contributed by atoms with Crippen LogP contribution in [0.25, 0.3) is 0 Å². The fourth-order valence-corrected chi connectivity index (χ4v) is 2.97. The van der Waals surface area contributed by atoms with Crippen molar-refractivity contribution in [1.29, 1.82) is 0 Å². The van der Waals surface area contributed by atoms with Crippen LogP contribution in [0.4, 0.5) is 30.8 Å². The van der Waals surface area contributed by atoms with Gasteiger partial charge in [0.2, 0.25) is 5.95 Å². The van der Waals surface area contributed by atoms with Gasteiger partial charge in [0.1, 0.15) is 22.7 Å². The van der Waals surface area contributed by atoms with Gasteiger partial charge in [-0.05, 0) is 31.9 Å². The molecular formula is C17H17B3F3N9. The Hall–Kier alpha value is -2.99. The Morgan fingerprint density at radius 3 is 2.31 bits per heavy atom. The SMILES string of the molecule is [B]C([B])([B])n1nc(C(C)(C)n2nccn2)cc1Nc1ncc(C(F)(F)F)c(NC2CC2)n1. The minimum absolute atomic E-state index is 0.0527. The van der Waals surface area contributed by atoms with Crippen molar-refractivity contribution in [2.24, 2.45) is 0 Å². The fourth-order valence-electron chi connectivity index (χ4n) is 2.97. The van der Waals surface area contributed by atoms with Gasteiger partial charge in [-0.15, -0.1) is 0 Å². The molecule has 0 bridgehead atoms. The standard InChI is InChI=1S/C17H17B3F3N9/c1-15(2,32-25-5-6-26-32)11-7-12(31(30-11)17(18,19)20)28-14-24-8-10(16(21,22)23)13(29-14)27-9-3-4-9/h5-9H,3-4H2,1-2H3,(H2,24,27,28,29). The predicted molar refractivity (Wildman–Crippen MR) is 113 cm³/mol. The number of aromatic nitrogens is 7. The molecule has 4 rings (SSSR count). The van der Waals surface area contributed by atoms with E-state index in [1.165, 1.54) is 17.2 Å². The molecule has 0 aromatic carbocycles. The van der Waals surface area contributed by atoms with Gasteiger partial charge in [-0.3, -0.25) is 4.68 Å². The molecule has 3 heterocycles. The highest BCUT2D eigenvalue weighted by Gasteiger charge is 2.37. The van der Waals surface area contributed by atoms with Crippen molar-refractivity contribution in [3.05, 3.63) is 35.9 Å². The first-order valence-electron chi connectivity index (χ1n) is 9.68. The van der Waals surface area contributed by atoms with Gasteiger partial charge in [0.25, 0.3) is 0 Å². The molecule has 0 spiro atoms. The van der Waals surface area contributed by atoms with Crippen molar-refractivity contribution in [2.75, 3.05) is 10.6 Å². The third-order valence-corrected chi connectivity index (χ3v) is 4.87. The minimum Gasteiger partial charge on any atom is -0.367 e. The molecule has 3 aromatic rings. The Bertz CT molecular complexity index is 1100. The third-order valence-electron chi connectivity index (χ3n) is 4.87. The van der Waals surface area contributed by atoms with Gasteiger partial charge in [0.15, 0.2) is 0 Å². The zero-order valence-corrected chi connectivity index (χ0v) is 17.3. The highest BCUT2D eigenvalue weighted by Crippen LogP contribution is 2.36. The zero-order valence-electron chi connectivity index (χ0n) is 17.3. The monoisotopic (exact) mass is 437 g/mol. The van der Waals surface area contributed by atoms with E-state index in [2.05, 4.69) is 35.9 Å². The fraction of sp³-hybridized carbons (Fsp3) is 0.471. The maximum absolute atomic E-state index is 13.3. The van der Waals surface area contributed by atoms with Crippen molar-refractivity contribution in [3.8, 4) is 0 Å². The number of nitrogens with zero attached hydrogens (tertiary/aromatic N) is 7. The van der Waals surface area contributed by atoms with Gasteiger partial charge < -0.3 is 10.6 Å². The normalized spacial score (nSPS) is 15.0. The van der Waals surface area contributed by atoms with Crippen LogP contribution in [-0.2, 0) is 17.0 Å². The van der Waals surface area contributed by atoms with Gasteiger partial charge in [0, 0.05) is 18.3 Å². The van der Waals surface area contributed by atoms with E-state index < -0.39 is 22.5 Å². The van der Waals surface area contributed by atoms with Crippen LogP contribution in [0, 0.1) is 0 Å². The van der Waals surface area contributed by atoms with E-state index in [0.29, 0.717) is 11.9 Å². The van der Waals surface area contributed by atoms with E-state index in [0.717, 1.165) is 17.5 Å². The second-order valence-corrected chi connectivity index (χ2v) is 8.09. The predicted octanol–water partition coefficient (Wildman–Crippen LogP) is 1.46. The number of alkyl halides is 3. The Morgan fingerprint density at radius 1 is 1.09 bits per heavy atom. The molecule has 0 amide bonds. The summed E-state index contributed by atoms with van der Waals surface area (Å²) < 4.78 is 41.1. The molecule has 2 N–H and O–H groups in total. The summed E-state index contributed by atoms with van der Waals surface area (Å²) in [6, 6.07) is 1.52. The highest BCUT2D eigenvalue weighted by atomic mass is 19.4. The molecule has 32 heavy (non-hydrogen) atoms. The summed E-state index contributed by atoms with van der Waals surface area (Å²) in [4.78, 5) is 9.24. The van der Waals surface area contributed by atoms with Crippen molar-refractivity contribution >= 4 is 41.1 Å². The van der Waals surface area contributed by atoms with Crippen LogP contribution in [-0.4, -0.2) is 64.3 Å². The number of hydrogen-bond acceptors (Lipinski definition) is 7.